The van der Waals surface area contributed by atoms with Crippen LogP contribution in [0.5, 0.6) is 0 Å². The number of hydrogen-bond donors (Lipinski definition) is 3. The van der Waals surface area contributed by atoms with E-state index in [1.165, 1.54) is 12.1 Å². The van der Waals surface area contributed by atoms with Crippen molar-refractivity contribution in [2.24, 2.45) is 0 Å². The fraction of sp³-hybridized carbons (Fsp3) is 0.160. The lowest BCUT2D eigenvalue weighted by molar-refractivity contribution is -0.120. The molecule has 0 aliphatic carbocycles. The minimum Gasteiger partial charge on any atom is -0.361 e. The molecule has 0 saturated heterocycles. The Hall–Kier alpha value is -3.13. The predicted octanol–water partition coefficient (Wildman–Crippen LogP) is 4.44. The number of benzene rings is 3. The van der Waals surface area contributed by atoms with Crippen LogP contribution in [0.3, 0.4) is 0 Å². The van der Waals surface area contributed by atoms with Gasteiger partial charge in [-0.05, 0) is 35.4 Å². The zero-order valence-corrected chi connectivity index (χ0v) is 19.4. The van der Waals surface area contributed by atoms with E-state index in [4.69, 9.17) is 11.6 Å². The third-order valence-electron chi connectivity index (χ3n) is 5.45. The molecule has 4 aromatic rings. The van der Waals surface area contributed by atoms with Gasteiger partial charge in [0.2, 0.25) is 15.9 Å². The van der Waals surface area contributed by atoms with E-state index in [0.29, 0.717) is 11.6 Å². The van der Waals surface area contributed by atoms with Gasteiger partial charge in [0.25, 0.3) is 0 Å². The Labute approximate surface area is 198 Å². The number of rotatable bonds is 9. The molecule has 0 saturated carbocycles. The number of aromatic nitrogens is 1. The van der Waals surface area contributed by atoms with Crippen LogP contribution in [0.15, 0.2) is 90.0 Å². The van der Waals surface area contributed by atoms with Gasteiger partial charge in [-0.2, -0.15) is 0 Å². The average molecular weight is 482 g/mol. The molecule has 0 aliphatic rings. The van der Waals surface area contributed by atoms with Gasteiger partial charge in [0.15, 0.2) is 0 Å². The first-order chi connectivity index (χ1) is 15.9. The molecule has 3 N–H and O–H groups in total. The van der Waals surface area contributed by atoms with Crippen LogP contribution in [0, 0.1) is 0 Å². The largest absolute Gasteiger partial charge is 0.361 e. The average Bonchev–Trinajstić information content (AvgIpc) is 3.24. The first-order valence-corrected chi connectivity index (χ1v) is 12.4. The first-order valence-electron chi connectivity index (χ1n) is 10.6. The van der Waals surface area contributed by atoms with Crippen molar-refractivity contribution in [1.82, 2.24) is 15.0 Å². The number of sulfonamides is 1. The smallest absolute Gasteiger partial charge is 0.240 e. The fourth-order valence-corrected chi connectivity index (χ4v) is 5.13. The van der Waals surface area contributed by atoms with Gasteiger partial charge in [-0.15, -0.1) is 0 Å². The molecule has 3 aromatic carbocycles. The standard InChI is InChI=1S/C25H24ClN3O3S/c26-19-9-6-10-20(15-19)33(31,32)29-14-13-25(30)28-16-22(18-7-2-1-3-8-18)23-17-27-24-12-5-4-11-21(23)24/h1-12,15,17,22,27,29H,13-14,16H2,(H,28,30). The molecule has 0 aliphatic heterocycles. The quantitative estimate of drug-likeness (QED) is 0.330. The molecule has 1 aromatic heterocycles. The van der Waals surface area contributed by atoms with E-state index in [9.17, 15) is 13.2 Å². The number of fused-ring (bicyclic) bond motifs is 1. The lowest BCUT2D eigenvalue weighted by Crippen LogP contribution is -2.33. The molecule has 0 fully saturated rings. The lowest BCUT2D eigenvalue weighted by Gasteiger charge is -2.18. The third-order valence-corrected chi connectivity index (χ3v) is 7.15. The summed E-state index contributed by atoms with van der Waals surface area (Å²) in [6.45, 7) is 0.384. The molecule has 1 atom stereocenters. The van der Waals surface area contributed by atoms with E-state index in [1.807, 2.05) is 54.7 Å². The summed E-state index contributed by atoms with van der Waals surface area (Å²) in [5.74, 6) is -0.279. The highest BCUT2D eigenvalue weighted by molar-refractivity contribution is 7.89. The Morgan fingerprint density at radius 3 is 2.52 bits per heavy atom. The molecule has 1 heterocycles. The van der Waals surface area contributed by atoms with Crippen LogP contribution < -0.4 is 10.0 Å². The number of aromatic amines is 1. The summed E-state index contributed by atoms with van der Waals surface area (Å²) in [5, 5.41) is 4.40. The summed E-state index contributed by atoms with van der Waals surface area (Å²) in [7, 11) is -3.73. The van der Waals surface area contributed by atoms with Crippen molar-refractivity contribution in [3.8, 4) is 0 Å². The van der Waals surface area contributed by atoms with Crippen LogP contribution in [-0.4, -0.2) is 32.4 Å². The molecular weight excluding hydrogens is 458 g/mol. The minimum absolute atomic E-state index is 0.0101. The number of halogens is 1. The Morgan fingerprint density at radius 2 is 1.73 bits per heavy atom. The third kappa shape index (κ3) is 5.63. The van der Waals surface area contributed by atoms with Crippen LogP contribution in [0.4, 0.5) is 0 Å². The highest BCUT2D eigenvalue weighted by Gasteiger charge is 2.19. The van der Waals surface area contributed by atoms with Gasteiger partial charge in [-0.1, -0.05) is 66.2 Å². The number of H-pyrrole nitrogens is 1. The van der Waals surface area contributed by atoms with Crippen molar-refractivity contribution in [2.45, 2.75) is 17.2 Å². The topological polar surface area (TPSA) is 91.1 Å². The second-order valence-electron chi connectivity index (χ2n) is 7.66. The summed E-state index contributed by atoms with van der Waals surface area (Å²) in [4.78, 5) is 15.9. The van der Waals surface area contributed by atoms with E-state index >= 15 is 0 Å². The second kappa shape index (κ2) is 10.2. The molecule has 1 amide bonds. The zero-order valence-electron chi connectivity index (χ0n) is 17.8. The molecule has 8 heteroatoms. The maximum atomic E-state index is 12.5. The number of carbonyl (C=O) groups is 1. The molecule has 0 radical (unpaired) electrons. The fourth-order valence-electron chi connectivity index (χ4n) is 3.80. The van der Waals surface area contributed by atoms with Gasteiger partial charge in [0.1, 0.15) is 0 Å². The number of hydrogen-bond acceptors (Lipinski definition) is 3. The predicted molar refractivity (Wildman–Crippen MR) is 131 cm³/mol. The van der Waals surface area contributed by atoms with E-state index < -0.39 is 10.0 Å². The zero-order chi connectivity index (χ0) is 23.3. The van der Waals surface area contributed by atoms with Crippen molar-refractivity contribution in [3.05, 3.63) is 101 Å². The van der Waals surface area contributed by atoms with Crippen molar-refractivity contribution >= 4 is 38.4 Å². The summed E-state index contributed by atoms with van der Waals surface area (Å²) in [6.07, 6.45) is 2.00. The summed E-state index contributed by atoms with van der Waals surface area (Å²) in [5.41, 5.74) is 3.22. The van der Waals surface area contributed by atoms with Crippen LogP contribution in [0.1, 0.15) is 23.5 Å². The van der Waals surface area contributed by atoms with Crippen molar-refractivity contribution in [2.75, 3.05) is 13.1 Å². The summed E-state index contributed by atoms with van der Waals surface area (Å²) >= 11 is 5.88. The summed E-state index contributed by atoms with van der Waals surface area (Å²) < 4.78 is 27.2. The van der Waals surface area contributed by atoms with Crippen LogP contribution in [0.25, 0.3) is 10.9 Å². The maximum absolute atomic E-state index is 12.5. The second-order valence-corrected chi connectivity index (χ2v) is 9.87. The maximum Gasteiger partial charge on any atom is 0.240 e. The monoisotopic (exact) mass is 481 g/mol. The molecular formula is C25H24ClN3O3S. The van der Waals surface area contributed by atoms with E-state index in [0.717, 1.165) is 22.0 Å². The Morgan fingerprint density at radius 1 is 0.970 bits per heavy atom. The van der Waals surface area contributed by atoms with Crippen LogP contribution in [0.2, 0.25) is 5.02 Å². The highest BCUT2D eigenvalue weighted by atomic mass is 35.5. The van der Waals surface area contributed by atoms with Crippen molar-refractivity contribution in [1.29, 1.82) is 0 Å². The number of para-hydroxylation sites is 1. The molecule has 6 nitrogen and oxygen atoms in total. The normalized spacial score (nSPS) is 12.5. The van der Waals surface area contributed by atoms with Crippen molar-refractivity contribution < 1.29 is 13.2 Å². The van der Waals surface area contributed by atoms with E-state index in [-0.39, 0.29) is 29.7 Å². The number of amides is 1. The van der Waals surface area contributed by atoms with Gasteiger partial charge in [0.05, 0.1) is 4.90 Å². The lowest BCUT2D eigenvalue weighted by atomic mass is 9.91. The SMILES string of the molecule is O=C(CCNS(=O)(=O)c1cccc(Cl)c1)NCC(c1ccccc1)c1c[nH]c2ccccc12. The number of nitrogens with one attached hydrogen (secondary N) is 3. The van der Waals surface area contributed by atoms with Gasteiger partial charge in [-0.3, -0.25) is 4.79 Å². The first kappa shape index (κ1) is 23.0. The van der Waals surface area contributed by atoms with Gasteiger partial charge in [-0.25, -0.2) is 13.1 Å². The molecule has 0 spiro atoms. The molecule has 0 bridgehead atoms. The Kier molecular flexibility index (Phi) is 7.13. The van der Waals surface area contributed by atoms with Gasteiger partial charge < -0.3 is 10.3 Å². The Bertz CT molecular complexity index is 1350. The van der Waals surface area contributed by atoms with Crippen LogP contribution in [-0.2, 0) is 14.8 Å². The van der Waals surface area contributed by atoms with E-state index in [1.54, 1.807) is 12.1 Å². The minimum atomic E-state index is -3.73. The van der Waals surface area contributed by atoms with Crippen LogP contribution >= 0.6 is 11.6 Å². The summed E-state index contributed by atoms with van der Waals surface area (Å²) in [6, 6.07) is 24.0. The highest BCUT2D eigenvalue weighted by Crippen LogP contribution is 2.30. The van der Waals surface area contributed by atoms with Gasteiger partial charge in [0, 0.05) is 47.6 Å². The molecule has 4 rings (SSSR count). The molecule has 1 unspecified atom stereocenters. The van der Waals surface area contributed by atoms with Gasteiger partial charge >= 0.3 is 0 Å². The number of carbonyl (C=O) groups excluding carboxylic acids is 1. The van der Waals surface area contributed by atoms with E-state index in [2.05, 4.69) is 21.1 Å². The van der Waals surface area contributed by atoms with Crippen molar-refractivity contribution in [3.63, 3.8) is 0 Å². The Balaban J connectivity index is 1.40. The molecule has 33 heavy (non-hydrogen) atoms. The molecule has 170 valence electrons.